The van der Waals surface area contributed by atoms with E-state index >= 15 is 0 Å². The van der Waals surface area contributed by atoms with Gasteiger partial charge in [0.1, 0.15) is 5.75 Å². The van der Waals surface area contributed by atoms with Gasteiger partial charge in [0.05, 0.1) is 5.69 Å². The van der Waals surface area contributed by atoms with Gasteiger partial charge in [0.15, 0.2) is 5.75 Å². The molecule has 5 nitrogen and oxygen atoms in total. The zero-order valence-electron chi connectivity index (χ0n) is 13.3. The van der Waals surface area contributed by atoms with E-state index in [1.807, 2.05) is 54.6 Å². The van der Waals surface area contributed by atoms with Gasteiger partial charge >= 0.3 is 0 Å². The van der Waals surface area contributed by atoms with Crippen LogP contribution in [0.3, 0.4) is 0 Å². The molecule has 0 heterocycles. The molecule has 0 bridgehead atoms. The first-order valence-corrected chi connectivity index (χ1v) is 7.42. The molecule has 2 rings (SSSR count). The number of anilines is 1. The molecule has 5 heteroatoms. The summed E-state index contributed by atoms with van der Waals surface area (Å²) in [5, 5.41) is 2.70. The first-order valence-electron chi connectivity index (χ1n) is 7.42. The second-order valence-corrected chi connectivity index (χ2v) is 5.04. The quantitative estimate of drug-likeness (QED) is 0.892. The first-order chi connectivity index (χ1) is 11.1. The van der Waals surface area contributed by atoms with E-state index in [0.717, 1.165) is 0 Å². The Morgan fingerprint density at radius 3 is 2.30 bits per heavy atom. The van der Waals surface area contributed by atoms with Crippen LogP contribution in [0.1, 0.15) is 13.8 Å². The van der Waals surface area contributed by atoms with Crippen molar-refractivity contribution in [3.8, 4) is 11.5 Å². The number of nitrogens with zero attached hydrogens (tertiary/aromatic N) is 1. The van der Waals surface area contributed by atoms with Crippen LogP contribution in [0.25, 0.3) is 0 Å². The van der Waals surface area contributed by atoms with Crippen LogP contribution in [0.4, 0.5) is 5.69 Å². The summed E-state index contributed by atoms with van der Waals surface area (Å²) in [6.07, 6.45) is 0. The molecule has 0 radical (unpaired) electrons. The van der Waals surface area contributed by atoms with Crippen molar-refractivity contribution in [3.63, 3.8) is 0 Å². The highest BCUT2D eigenvalue weighted by atomic mass is 16.5. The second kappa shape index (κ2) is 7.98. The third kappa shape index (κ3) is 4.85. The molecule has 0 spiro atoms. The molecule has 23 heavy (non-hydrogen) atoms. The fraction of sp³-hybridized carbons (Fsp3) is 0.222. The Bertz CT molecular complexity index is 671. The summed E-state index contributed by atoms with van der Waals surface area (Å²) >= 11 is 0. The summed E-state index contributed by atoms with van der Waals surface area (Å²) in [6.45, 7) is 3.70. The molecule has 0 saturated heterocycles. The van der Waals surface area contributed by atoms with Crippen molar-refractivity contribution < 1.29 is 14.3 Å². The largest absolute Gasteiger partial charge is 0.455 e. The van der Waals surface area contributed by atoms with Gasteiger partial charge in [-0.05, 0) is 24.3 Å². The fourth-order valence-corrected chi connectivity index (χ4v) is 2.17. The van der Waals surface area contributed by atoms with E-state index in [0.29, 0.717) is 30.3 Å². The van der Waals surface area contributed by atoms with E-state index in [2.05, 4.69) is 5.32 Å². The molecule has 2 aromatic rings. The highest BCUT2D eigenvalue weighted by molar-refractivity contribution is 5.93. The summed E-state index contributed by atoms with van der Waals surface area (Å²) in [5.41, 5.74) is 0.675. The molecule has 2 amide bonds. The number of hydrogen-bond acceptors (Lipinski definition) is 3. The molecule has 0 saturated carbocycles. The van der Waals surface area contributed by atoms with E-state index < -0.39 is 0 Å². The number of ether oxygens (including phenoxy) is 1. The number of carbonyl (C=O) groups excluding carboxylic acids is 2. The molecule has 2 aromatic carbocycles. The van der Waals surface area contributed by atoms with Crippen LogP contribution in [0.2, 0.25) is 0 Å². The summed E-state index contributed by atoms with van der Waals surface area (Å²) in [5.74, 6) is 1.06. The number of carbonyl (C=O) groups is 2. The lowest BCUT2D eigenvalue weighted by Gasteiger charge is -2.23. The Morgan fingerprint density at radius 2 is 1.65 bits per heavy atom. The van der Waals surface area contributed by atoms with Crippen molar-refractivity contribution in [2.24, 2.45) is 0 Å². The molecular weight excluding hydrogens is 292 g/mol. The maximum Gasteiger partial charge on any atom is 0.224 e. The zero-order chi connectivity index (χ0) is 16.7. The third-order valence-electron chi connectivity index (χ3n) is 3.22. The predicted molar refractivity (Wildman–Crippen MR) is 89.7 cm³/mol. The van der Waals surface area contributed by atoms with Crippen LogP contribution >= 0.6 is 0 Å². The molecule has 0 aliphatic carbocycles. The molecule has 1 N–H and O–H groups in total. The lowest BCUT2D eigenvalue weighted by molar-refractivity contribution is -0.119. The highest BCUT2D eigenvalue weighted by Crippen LogP contribution is 2.32. The second-order valence-electron chi connectivity index (χ2n) is 5.04. The Hall–Kier alpha value is -2.82. The maximum atomic E-state index is 12.0. The summed E-state index contributed by atoms with van der Waals surface area (Å²) in [7, 11) is 0. The first kappa shape index (κ1) is 16.5. The molecule has 0 unspecified atom stereocenters. The fourth-order valence-electron chi connectivity index (χ4n) is 2.17. The van der Waals surface area contributed by atoms with Crippen molar-refractivity contribution in [1.82, 2.24) is 5.32 Å². The van der Waals surface area contributed by atoms with Crippen LogP contribution in [-0.2, 0) is 9.59 Å². The van der Waals surface area contributed by atoms with Crippen LogP contribution < -0.4 is 15.0 Å². The number of hydrogen-bond donors (Lipinski definition) is 1. The van der Waals surface area contributed by atoms with Gasteiger partial charge in [-0.3, -0.25) is 9.59 Å². The average molecular weight is 312 g/mol. The SMILES string of the molecule is CC(=O)NCCN(C(C)=O)c1ccccc1Oc1ccccc1. The summed E-state index contributed by atoms with van der Waals surface area (Å²) in [4.78, 5) is 24.6. The Morgan fingerprint density at radius 1 is 1.00 bits per heavy atom. The molecule has 0 aliphatic heterocycles. The van der Waals surface area contributed by atoms with E-state index in [4.69, 9.17) is 4.74 Å². The van der Waals surface area contributed by atoms with Gasteiger partial charge in [-0.2, -0.15) is 0 Å². The van der Waals surface area contributed by atoms with Crippen molar-refractivity contribution >= 4 is 17.5 Å². The number of rotatable bonds is 6. The van der Waals surface area contributed by atoms with Crippen molar-refractivity contribution in [1.29, 1.82) is 0 Å². The third-order valence-corrected chi connectivity index (χ3v) is 3.22. The van der Waals surface area contributed by atoms with E-state index in [9.17, 15) is 9.59 Å². The lowest BCUT2D eigenvalue weighted by atomic mass is 10.2. The average Bonchev–Trinajstić information content (AvgIpc) is 2.53. The maximum absolute atomic E-state index is 12.0. The lowest BCUT2D eigenvalue weighted by Crippen LogP contribution is -2.37. The van der Waals surface area contributed by atoms with Crippen molar-refractivity contribution in [2.45, 2.75) is 13.8 Å². The minimum atomic E-state index is -0.123. The van der Waals surface area contributed by atoms with Gasteiger partial charge < -0.3 is 15.0 Å². The van der Waals surface area contributed by atoms with Gasteiger partial charge in [0.25, 0.3) is 0 Å². The molecule has 0 atom stereocenters. The van der Waals surface area contributed by atoms with Gasteiger partial charge in [-0.25, -0.2) is 0 Å². The van der Waals surface area contributed by atoms with E-state index in [1.54, 1.807) is 4.90 Å². The van der Waals surface area contributed by atoms with Crippen molar-refractivity contribution in [2.75, 3.05) is 18.0 Å². The highest BCUT2D eigenvalue weighted by Gasteiger charge is 2.16. The Labute approximate surface area is 135 Å². The number of para-hydroxylation sites is 3. The molecule has 0 aromatic heterocycles. The van der Waals surface area contributed by atoms with Crippen LogP contribution in [0, 0.1) is 0 Å². The predicted octanol–water partition coefficient (Wildman–Crippen LogP) is 2.97. The zero-order valence-corrected chi connectivity index (χ0v) is 13.3. The summed E-state index contributed by atoms with van der Waals surface area (Å²) < 4.78 is 5.89. The van der Waals surface area contributed by atoms with Gasteiger partial charge in [-0.1, -0.05) is 30.3 Å². The van der Waals surface area contributed by atoms with Gasteiger partial charge in [0.2, 0.25) is 11.8 Å². The number of amides is 2. The van der Waals surface area contributed by atoms with Crippen LogP contribution in [0.5, 0.6) is 11.5 Å². The smallest absolute Gasteiger partial charge is 0.224 e. The van der Waals surface area contributed by atoms with Gasteiger partial charge in [0, 0.05) is 26.9 Å². The summed E-state index contributed by atoms with van der Waals surface area (Å²) in [6, 6.07) is 16.7. The number of nitrogens with one attached hydrogen (secondary N) is 1. The van der Waals surface area contributed by atoms with Crippen LogP contribution in [-0.4, -0.2) is 24.9 Å². The standard InChI is InChI=1S/C18H20N2O3/c1-14(21)19-12-13-20(15(2)22)17-10-6-7-11-18(17)23-16-8-4-3-5-9-16/h3-11H,12-13H2,1-2H3,(H,19,21). The molecular formula is C18H20N2O3. The molecule has 0 fully saturated rings. The minimum Gasteiger partial charge on any atom is -0.455 e. The topological polar surface area (TPSA) is 58.6 Å². The van der Waals surface area contributed by atoms with Gasteiger partial charge in [-0.15, -0.1) is 0 Å². The van der Waals surface area contributed by atoms with E-state index in [-0.39, 0.29) is 11.8 Å². The van der Waals surface area contributed by atoms with Crippen molar-refractivity contribution in [3.05, 3.63) is 54.6 Å². The Kier molecular flexibility index (Phi) is 5.74. The Balaban J connectivity index is 2.21. The monoisotopic (exact) mass is 312 g/mol. The minimum absolute atomic E-state index is 0.112. The normalized spacial score (nSPS) is 10.0. The number of benzene rings is 2. The molecule has 0 aliphatic rings. The van der Waals surface area contributed by atoms with Crippen LogP contribution in [0.15, 0.2) is 54.6 Å². The molecule has 120 valence electrons. The van der Waals surface area contributed by atoms with E-state index in [1.165, 1.54) is 13.8 Å².